The van der Waals surface area contributed by atoms with Gasteiger partial charge in [-0.2, -0.15) is 5.10 Å². The molecule has 0 fully saturated rings. The Labute approximate surface area is 291 Å². The summed E-state index contributed by atoms with van der Waals surface area (Å²) in [5.74, 6) is 1.18. The van der Waals surface area contributed by atoms with Gasteiger partial charge in [0, 0.05) is 53.4 Å². The summed E-state index contributed by atoms with van der Waals surface area (Å²) in [5, 5.41) is 7.08. The number of carbonyl (C=O) groups excluding carboxylic acids is 2. The van der Waals surface area contributed by atoms with Crippen molar-refractivity contribution < 1.29 is 19.1 Å². The SMILES string of the molecule is Cc1cc(OCCCc2c3n(c4c(-c5c(C)nn(C)c5C)c(Cl)ccc24)CCC(C)N(Cc2cccc(OC=O)c2)C3=O)cc(C)c1Cl. The van der Waals surface area contributed by atoms with Crippen LogP contribution < -0.4 is 9.47 Å². The van der Waals surface area contributed by atoms with E-state index in [0.717, 1.165) is 72.9 Å². The van der Waals surface area contributed by atoms with Gasteiger partial charge in [0.25, 0.3) is 12.4 Å². The molecule has 1 unspecified atom stereocenters. The van der Waals surface area contributed by atoms with Crippen LogP contribution >= 0.6 is 23.2 Å². The van der Waals surface area contributed by atoms with Crippen LogP contribution in [0.5, 0.6) is 11.5 Å². The van der Waals surface area contributed by atoms with Crippen LogP contribution in [0.1, 0.15) is 63.9 Å². The van der Waals surface area contributed by atoms with E-state index in [4.69, 9.17) is 37.8 Å². The zero-order valence-corrected chi connectivity index (χ0v) is 29.7. The first-order chi connectivity index (χ1) is 23.0. The van der Waals surface area contributed by atoms with Gasteiger partial charge in [-0.15, -0.1) is 0 Å². The first-order valence-corrected chi connectivity index (χ1v) is 17.0. The number of aryl methyl sites for hydroxylation is 6. The van der Waals surface area contributed by atoms with Gasteiger partial charge in [-0.1, -0.05) is 41.4 Å². The molecule has 8 nitrogen and oxygen atoms in total. The molecule has 1 amide bonds. The minimum Gasteiger partial charge on any atom is -0.494 e. The topological polar surface area (TPSA) is 78.6 Å². The van der Waals surface area contributed by atoms with Crippen molar-refractivity contribution in [3.05, 3.63) is 97.9 Å². The molecule has 0 saturated carbocycles. The lowest BCUT2D eigenvalue weighted by Gasteiger charge is -2.27. The molecule has 3 heterocycles. The average molecular weight is 688 g/mol. The zero-order chi connectivity index (χ0) is 34.3. The average Bonchev–Trinajstić information content (AvgIpc) is 3.46. The van der Waals surface area contributed by atoms with E-state index in [1.54, 1.807) is 12.1 Å². The lowest BCUT2D eigenvalue weighted by atomic mass is 9.98. The minimum atomic E-state index is -0.0421. The molecule has 2 aromatic heterocycles. The van der Waals surface area contributed by atoms with E-state index in [1.807, 2.05) is 80.7 Å². The highest BCUT2D eigenvalue weighted by atomic mass is 35.5. The molecule has 0 bridgehead atoms. The van der Waals surface area contributed by atoms with Gasteiger partial charge < -0.3 is 18.9 Å². The molecule has 0 saturated heterocycles. The number of hydrogen-bond acceptors (Lipinski definition) is 5. The predicted octanol–water partition coefficient (Wildman–Crippen LogP) is 8.56. The first-order valence-electron chi connectivity index (χ1n) is 16.2. The molecule has 0 spiro atoms. The third-order valence-electron chi connectivity index (χ3n) is 9.49. The van der Waals surface area contributed by atoms with Gasteiger partial charge in [0.15, 0.2) is 0 Å². The summed E-state index contributed by atoms with van der Waals surface area (Å²) in [5.41, 5.74) is 9.24. The Morgan fingerprint density at radius 2 is 1.75 bits per heavy atom. The molecule has 3 aromatic carbocycles. The number of amides is 1. The van der Waals surface area contributed by atoms with E-state index >= 15 is 0 Å². The highest BCUT2D eigenvalue weighted by Crippen LogP contribution is 2.43. The van der Waals surface area contributed by atoms with Crippen molar-refractivity contribution in [2.45, 2.75) is 73.0 Å². The van der Waals surface area contributed by atoms with Crippen LogP contribution in [0.25, 0.3) is 22.0 Å². The molecule has 1 aliphatic heterocycles. The van der Waals surface area contributed by atoms with E-state index in [2.05, 4.69) is 11.5 Å². The van der Waals surface area contributed by atoms with Crippen LogP contribution in [0.15, 0.2) is 48.5 Å². The van der Waals surface area contributed by atoms with Crippen molar-refractivity contribution in [1.29, 1.82) is 0 Å². The van der Waals surface area contributed by atoms with Crippen molar-refractivity contribution in [3.8, 4) is 22.6 Å². The number of ether oxygens (including phenoxy) is 2. The zero-order valence-electron chi connectivity index (χ0n) is 28.2. The van der Waals surface area contributed by atoms with E-state index in [9.17, 15) is 9.59 Å². The fourth-order valence-corrected chi connectivity index (χ4v) is 7.38. The van der Waals surface area contributed by atoms with E-state index in [-0.39, 0.29) is 11.9 Å². The maximum absolute atomic E-state index is 14.8. The Hall–Kier alpha value is -4.27. The van der Waals surface area contributed by atoms with E-state index < -0.39 is 0 Å². The number of halogens is 2. The van der Waals surface area contributed by atoms with Crippen LogP contribution in [0.2, 0.25) is 10.0 Å². The van der Waals surface area contributed by atoms with E-state index in [0.29, 0.717) is 55.5 Å². The third kappa shape index (κ3) is 6.19. The quantitative estimate of drug-likeness (QED) is 0.109. The molecule has 6 rings (SSSR count). The van der Waals surface area contributed by atoms with Crippen LogP contribution in [0.3, 0.4) is 0 Å². The summed E-state index contributed by atoms with van der Waals surface area (Å²) in [6.45, 7) is 12.0. The smallest absolute Gasteiger partial charge is 0.298 e. The number of fused-ring (bicyclic) bond motifs is 3. The maximum atomic E-state index is 14.8. The Morgan fingerprint density at radius 1 is 1.00 bits per heavy atom. The molecule has 5 aromatic rings. The Bertz CT molecular complexity index is 2020. The standard InChI is InChI=1S/C38H40Cl2N4O4/c1-22-17-29(18-23(2)35(22)40)47-16-8-11-30-31-12-13-32(39)34(33-25(4)41-42(6)26(33)5)36(31)43-15-14-24(3)44(38(46)37(30)43)20-27-9-7-10-28(19-27)48-21-45/h7,9-10,12-13,17-19,21,24H,8,11,14-16,20H2,1-6H3. The summed E-state index contributed by atoms with van der Waals surface area (Å²) in [6, 6.07) is 15.2. The van der Waals surface area contributed by atoms with Crippen LogP contribution in [-0.4, -0.2) is 44.3 Å². The Morgan fingerprint density at radius 3 is 2.44 bits per heavy atom. The van der Waals surface area contributed by atoms with Crippen LogP contribution in [-0.2, 0) is 31.4 Å². The number of hydrogen-bond donors (Lipinski definition) is 0. The fraction of sp³-hybridized carbons (Fsp3) is 0.342. The number of benzene rings is 3. The second kappa shape index (κ2) is 13.7. The van der Waals surface area contributed by atoms with Gasteiger partial charge >= 0.3 is 0 Å². The summed E-state index contributed by atoms with van der Waals surface area (Å²) in [6.07, 6.45) is 2.08. The molecule has 0 N–H and O–H groups in total. The highest BCUT2D eigenvalue weighted by Gasteiger charge is 2.34. The molecular formula is C38H40Cl2N4O4. The third-order valence-corrected chi connectivity index (χ3v) is 10.4. The fourth-order valence-electron chi connectivity index (χ4n) is 7.02. The molecule has 48 heavy (non-hydrogen) atoms. The first kappa shape index (κ1) is 33.6. The van der Waals surface area contributed by atoms with Crippen molar-refractivity contribution in [2.24, 2.45) is 7.05 Å². The largest absolute Gasteiger partial charge is 0.494 e. The van der Waals surface area contributed by atoms with Gasteiger partial charge in [0.2, 0.25) is 0 Å². The predicted molar refractivity (Wildman–Crippen MR) is 190 cm³/mol. The number of carbonyl (C=O) groups is 2. The van der Waals surface area contributed by atoms with Crippen molar-refractivity contribution in [1.82, 2.24) is 19.2 Å². The highest BCUT2D eigenvalue weighted by molar-refractivity contribution is 6.35. The van der Waals surface area contributed by atoms with Crippen LogP contribution in [0.4, 0.5) is 0 Å². The summed E-state index contributed by atoms with van der Waals surface area (Å²) in [4.78, 5) is 27.7. The second-order valence-electron chi connectivity index (χ2n) is 12.7. The monoisotopic (exact) mass is 686 g/mol. The molecule has 250 valence electrons. The van der Waals surface area contributed by atoms with Gasteiger partial charge in [-0.05, 0) is 106 Å². The summed E-state index contributed by atoms with van der Waals surface area (Å²) >= 11 is 13.4. The van der Waals surface area contributed by atoms with Crippen LogP contribution in [0, 0.1) is 27.7 Å². The molecular weight excluding hydrogens is 647 g/mol. The van der Waals surface area contributed by atoms with Gasteiger partial charge in [-0.25, -0.2) is 0 Å². The van der Waals surface area contributed by atoms with Gasteiger partial charge in [0.1, 0.15) is 17.2 Å². The summed E-state index contributed by atoms with van der Waals surface area (Å²) in [7, 11) is 1.94. The van der Waals surface area contributed by atoms with Crippen molar-refractivity contribution in [3.63, 3.8) is 0 Å². The normalized spacial score (nSPS) is 14.7. The van der Waals surface area contributed by atoms with Crippen molar-refractivity contribution >= 4 is 46.5 Å². The molecule has 1 atom stereocenters. The van der Waals surface area contributed by atoms with Gasteiger partial charge in [0.05, 0.1) is 22.8 Å². The maximum Gasteiger partial charge on any atom is 0.298 e. The number of nitrogens with zero attached hydrogens (tertiary/aromatic N) is 4. The van der Waals surface area contributed by atoms with Gasteiger partial charge in [-0.3, -0.25) is 14.3 Å². The summed E-state index contributed by atoms with van der Waals surface area (Å²) < 4.78 is 15.4. The molecule has 0 aliphatic carbocycles. The Balaban J connectivity index is 1.44. The number of aromatic nitrogens is 3. The molecule has 10 heteroatoms. The minimum absolute atomic E-state index is 0.0415. The number of rotatable bonds is 10. The Kier molecular flexibility index (Phi) is 9.59. The van der Waals surface area contributed by atoms with E-state index in [1.165, 1.54) is 0 Å². The lowest BCUT2D eigenvalue weighted by molar-refractivity contribution is -0.120. The van der Waals surface area contributed by atoms with Crippen molar-refractivity contribution in [2.75, 3.05) is 6.61 Å². The lowest BCUT2D eigenvalue weighted by Crippen LogP contribution is -2.37. The second-order valence-corrected chi connectivity index (χ2v) is 13.5. The molecule has 1 aliphatic rings. The molecule has 0 radical (unpaired) electrons.